The average Bonchev–Trinajstić information content (AvgIpc) is 2.74. The number of nitrogens with zero attached hydrogens (tertiary/aromatic N) is 4. The predicted molar refractivity (Wildman–Crippen MR) is 109 cm³/mol. The van der Waals surface area contributed by atoms with Crippen molar-refractivity contribution in [1.82, 2.24) is 19.8 Å². The molecule has 1 unspecified atom stereocenters. The van der Waals surface area contributed by atoms with Crippen LogP contribution in [0.4, 0.5) is 0 Å². The Balaban J connectivity index is 1.57. The number of hydrogen-bond donors (Lipinski definition) is 0. The van der Waals surface area contributed by atoms with Crippen molar-refractivity contribution in [3.8, 4) is 11.5 Å². The Labute approximate surface area is 167 Å². The molecule has 2 aromatic rings. The zero-order chi connectivity index (χ0) is 19.5. The van der Waals surface area contributed by atoms with Crippen LogP contribution in [-0.2, 0) is 19.5 Å². The largest absolute Gasteiger partial charge is 0.497 e. The number of aromatic nitrogens is 2. The number of benzene rings is 1. The van der Waals surface area contributed by atoms with Crippen LogP contribution in [0.2, 0.25) is 0 Å². The van der Waals surface area contributed by atoms with Gasteiger partial charge in [0.1, 0.15) is 17.3 Å². The van der Waals surface area contributed by atoms with E-state index in [2.05, 4.69) is 22.9 Å². The zero-order valence-electron chi connectivity index (χ0n) is 17.1. The Hall–Kier alpha value is -2.18. The minimum Gasteiger partial charge on any atom is -0.497 e. The van der Waals surface area contributed by atoms with Crippen LogP contribution in [0, 0.1) is 0 Å². The molecular formula is C22H30N4O2. The second-order valence-corrected chi connectivity index (χ2v) is 7.85. The first-order valence-electron chi connectivity index (χ1n) is 10.2. The van der Waals surface area contributed by atoms with E-state index in [0.717, 1.165) is 56.3 Å². The predicted octanol–water partition coefficient (Wildman–Crippen LogP) is 3.21. The molecule has 2 aliphatic heterocycles. The summed E-state index contributed by atoms with van der Waals surface area (Å²) in [5, 5.41) is 0. The van der Waals surface area contributed by atoms with Crippen LogP contribution in [0.1, 0.15) is 47.9 Å². The topological polar surface area (TPSA) is 50.7 Å². The third kappa shape index (κ3) is 3.98. The van der Waals surface area contributed by atoms with E-state index in [4.69, 9.17) is 19.4 Å². The Morgan fingerprint density at radius 1 is 1.14 bits per heavy atom. The van der Waals surface area contributed by atoms with E-state index in [1.165, 1.54) is 29.7 Å². The summed E-state index contributed by atoms with van der Waals surface area (Å²) < 4.78 is 10.9. The Kier molecular flexibility index (Phi) is 5.78. The van der Waals surface area contributed by atoms with E-state index in [-0.39, 0.29) is 6.04 Å². The number of hydrogen-bond acceptors (Lipinski definition) is 6. The fraction of sp³-hybridized carbons (Fsp3) is 0.545. The van der Waals surface area contributed by atoms with Crippen molar-refractivity contribution in [2.24, 2.45) is 0 Å². The molecule has 1 fully saturated rings. The van der Waals surface area contributed by atoms with Crippen molar-refractivity contribution in [2.75, 3.05) is 34.4 Å². The maximum Gasteiger partial charge on any atom is 0.145 e. The molecule has 1 atom stereocenters. The molecule has 0 radical (unpaired) electrons. The lowest BCUT2D eigenvalue weighted by atomic mass is 9.99. The number of likely N-dealkylation sites (N-methyl/N-ethyl adjacent to an activating group) is 1. The normalized spacial score (nSPS) is 20.6. The molecule has 0 amide bonds. The number of ether oxygens (including phenoxy) is 2. The fourth-order valence-corrected chi connectivity index (χ4v) is 4.31. The molecule has 6 nitrogen and oxygen atoms in total. The van der Waals surface area contributed by atoms with E-state index in [1.54, 1.807) is 14.2 Å². The highest BCUT2D eigenvalue weighted by Crippen LogP contribution is 2.33. The van der Waals surface area contributed by atoms with Gasteiger partial charge in [-0.05, 0) is 32.5 Å². The molecule has 4 rings (SSSR count). The molecule has 0 spiro atoms. The summed E-state index contributed by atoms with van der Waals surface area (Å²) >= 11 is 0. The molecule has 2 aliphatic rings. The average molecular weight is 383 g/mol. The first-order chi connectivity index (χ1) is 13.7. The summed E-state index contributed by atoms with van der Waals surface area (Å²) in [6, 6.07) is 6.33. The minimum absolute atomic E-state index is 0.269. The first-order valence-corrected chi connectivity index (χ1v) is 10.2. The lowest BCUT2D eigenvalue weighted by Crippen LogP contribution is -2.35. The van der Waals surface area contributed by atoms with E-state index < -0.39 is 0 Å². The highest BCUT2D eigenvalue weighted by molar-refractivity contribution is 5.40. The summed E-state index contributed by atoms with van der Waals surface area (Å²) in [5.41, 5.74) is 3.68. The van der Waals surface area contributed by atoms with Gasteiger partial charge in [-0.3, -0.25) is 4.90 Å². The Morgan fingerprint density at radius 2 is 2.04 bits per heavy atom. The van der Waals surface area contributed by atoms with E-state index in [0.29, 0.717) is 0 Å². The van der Waals surface area contributed by atoms with Gasteiger partial charge in [0.2, 0.25) is 0 Å². The molecule has 1 aromatic heterocycles. The zero-order valence-corrected chi connectivity index (χ0v) is 17.1. The van der Waals surface area contributed by atoms with Gasteiger partial charge < -0.3 is 14.4 Å². The first kappa shape index (κ1) is 19.2. The van der Waals surface area contributed by atoms with Gasteiger partial charge >= 0.3 is 0 Å². The summed E-state index contributed by atoms with van der Waals surface area (Å²) in [7, 11) is 5.55. The van der Waals surface area contributed by atoms with Crippen molar-refractivity contribution in [3.05, 3.63) is 47.0 Å². The number of rotatable bonds is 5. The van der Waals surface area contributed by atoms with Crippen LogP contribution in [-0.4, -0.2) is 54.1 Å². The number of methoxy groups -OCH3 is 2. The summed E-state index contributed by atoms with van der Waals surface area (Å²) in [4.78, 5) is 14.6. The standard InChI is InChI=1S/C22H30N4O2/c1-25-11-9-19-17(14-25)13-23-22(24-19)20-6-4-5-10-26(20)15-16-7-8-18(27-2)12-21(16)28-3/h7-8,12-13,20H,4-6,9-11,14-15H2,1-3H3. The molecule has 1 saturated heterocycles. The SMILES string of the molecule is COc1ccc(CN2CCCCC2c2ncc3c(n2)CCN(C)C3)c(OC)c1. The van der Waals surface area contributed by atoms with Crippen LogP contribution in [0.25, 0.3) is 0 Å². The van der Waals surface area contributed by atoms with Gasteiger partial charge in [-0.15, -0.1) is 0 Å². The van der Waals surface area contributed by atoms with Gasteiger partial charge in [-0.2, -0.15) is 0 Å². The van der Waals surface area contributed by atoms with Crippen molar-refractivity contribution >= 4 is 0 Å². The van der Waals surface area contributed by atoms with Crippen molar-refractivity contribution in [3.63, 3.8) is 0 Å². The summed E-state index contributed by atoms with van der Waals surface area (Å²) in [6.45, 7) is 3.91. The van der Waals surface area contributed by atoms with Crippen LogP contribution in [0.3, 0.4) is 0 Å². The lowest BCUT2D eigenvalue weighted by molar-refractivity contribution is 0.132. The maximum absolute atomic E-state index is 5.61. The number of likely N-dealkylation sites (tertiary alicyclic amines) is 1. The van der Waals surface area contributed by atoms with Crippen molar-refractivity contribution in [1.29, 1.82) is 0 Å². The molecule has 0 saturated carbocycles. The van der Waals surface area contributed by atoms with E-state index in [1.807, 2.05) is 18.3 Å². The summed E-state index contributed by atoms with van der Waals surface area (Å²) in [5.74, 6) is 2.67. The van der Waals surface area contributed by atoms with E-state index in [9.17, 15) is 0 Å². The number of piperidine rings is 1. The molecule has 150 valence electrons. The molecule has 0 aliphatic carbocycles. The molecule has 3 heterocycles. The lowest BCUT2D eigenvalue weighted by Gasteiger charge is -2.35. The van der Waals surface area contributed by atoms with Gasteiger partial charge in [0.25, 0.3) is 0 Å². The molecule has 0 N–H and O–H groups in total. The molecule has 1 aromatic carbocycles. The molecule has 0 bridgehead atoms. The van der Waals surface area contributed by atoms with Gasteiger partial charge in [0.05, 0.1) is 20.3 Å². The minimum atomic E-state index is 0.269. The third-order valence-electron chi connectivity index (χ3n) is 5.92. The van der Waals surface area contributed by atoms with Gasteiger partial charge in [0, 0.05) is 55.1 Å². The summed E-state index contributed by atoms with van der Waals surface area (Å²) in [6.07, 6.45) is 6.61. The maximum atomic E-state index is 5.61. The van der Waals surface area contributed by atoms with Crippen molar-refractivity contribution in [2.45, 2.75) is 44.8 Å². The van der Waals surface area contributed by atoms with Crippen LogP contribution >= 0.6 is 0 Å². The third-order valence-corrected chi connectivity index (χ3v) is 5.92. The number of fused-ring (bicyclic) bond motifs is 1. The fourth-order valence-electron chi connectivity index (χ4n) is 4.31. The Bertz CT molecular complexity index is 826. The van der Waals surface area contributed by atoms with Gasteiger partial charge in [-0.25, -0.2) is 9.97 Å². The highest BCUT2D eigenvalue weighted by atomic mass is 16.5. The smallest absolute Gasteiger partial charge is 0.145 e. The van der Waals surface area contributed by atoms with Crippen LogP contribution < -0.4 is 9.47 Å². The van der Waals surface area contributed by atoms with Gasteiger partial charge in [-0.1, -0.05) is 12.5 Å². The quantitative estimate of drug-likeness (QED) is 0.792. The highest BCUT2D eigenvalue weighted by Gasteiger charge is 2.28. The van der Waals surface area contributed by atoms with E-state index >= 15 is 0 Å². The van der Waals surface area contributed by atoms with Crippen LogP contribution in [0.15, 0.2) is 24.4 Å². The van der Waals surface area contributed by atoms with Crippen molar-refractivity contribution < 1.29 is 9.47 Å². The molecule has 6 heteroatoms. The van der Waals surface area contributed by atoms with Gasteiger partial charge in [0.15, 0.2) is 0 Å². The molecular weight excluding hydrogens is 352 g/mol. The second-order valence-electron chi connectivity index (χ2n) is 7.85. The second kappa shape index (κ2) is 8.45. The molecule has 28 heavy (non-hydrogen) atoms. The monoisotopic (exact) mass is 382 g/mol. The Morgan fingerprint density at radius 3 is 2.86 bits per heavy atom. The van der Waals surface area contributed by atoms with Crippen LogP contribution in [0.5, 0.6) is 11.5 Å².